The number of sulfonamides is 1. The molecule has 2 rings (SSSR count). The lowest BCUT2D eigenvalue weighted by atomic mass is 10.2. The van der Waals surface area contributed by atoms with Crippen molar-refractivity contribution >= 4 is 27.3 Å². The Balaban J connectivity index is 2.00. The lowest BCUT2D eigenvalue weighted by Gasteiger charge is -2.11. The first kappa shape index (κ1) is 15.7. The molecule has 1 atom stereocenters. The highest BCUT2D eigenvalue weighted by atomic mass is 32.2. The minimum absolute atomic E-state index is 0.0261. The van der Waals surface area contributed by atoms with Gasteiger partial charge in [0.25, 0.3) is 15.9 Å². The fourth-order valence-corrected chi connectivity index (χ4v) is 3.25. The molecular weight excluding hydrogens is 312 g/mol. The fourth-order valence-electron chi connectivity index (χ4n) is 1.76. The molecule has 21 heavy (non-hydrogen) atoms. The van der Waals surface area contributed by atoms with Crippen molar-refractivity contribution < 1.29 is 17.6 Å². The van der Waals surface area contributed by atoms with Gasteiger partial charge in [-0.3, -0.25) is 4.79 Å². The predicted molar refractivity (Wildman–Crippen MR) is 79.9 cm³/mol. The van der Waals surface area contributed by atoms with Gasteiger partial charge in [0.1, 0.15) is 0 Å². The number of carbonyl (C=O) groups excluding carboxylic acids is 1. The number of rotatable bonds is 6. The fraction of sp³-hybridized carbons (Fsp3) is 0.308. The van der Waals surface area contributed by atoms with Crippen LogP contribution in [0.15, 0.2) is 39.2 Å². The van der Waals surface area contributed by atoms with E-state index >= 15 is 0 Å². The average Bonchev–Trinajstić information content (AvgIpc) is 3.09. The van der Waals surface area contributed by atoms with Crippen LogP contribution < -0.4 is 10.0 Å². The maximum Gasteiger partial charge on any atom is 0.287 e. The van der Waals surface area contributed by atoms with Gasteiger partial charge in [-0.15, -0.1) is 11.3 Å². The Morgan fingerprint density at radius 1 is 1.38 bits per heavy atom. The van der Waals surface area contributed by atoms with Crippen LogP contribution in [0.5, 0.6) is 0 Å². The largest absolute Gasteiger partial charge is 0.438 e. The molecule has 0 aromatic carbocycles. The molecule has 114 valence electrons. The lowest BCUT2D eigenvalue weighted by Crippen LogP contribution is -2.33. The van der Waals surface area contributed by atoms with E-state index in [2.05, 4.69) is 10.0 Å². The Morgan fingerprint density at radius 2 is 2.14 bits per heavy atom. The summed E-state index contributed by atoms with van der Waals surface area (Å²) in [5, 5.41) is 4.48. The van der Waals surface area contributed by atoms with Gasteiger partial charge in [0.05, 0.1) is 0 Å². The maximum absolute atomic E-state index is 12.0. The first-order valence-corrected chi connectivity index (χ1v) is 8.65. The summed E-state index contributed by atoms with van der Waals surface area (Å²) in [5.74, 6) is -0.460. The first-order chi connectivity index (χ1) is 9.92. The van der Waals surface area contributed by atoms with Crippen LogP contribution in [-0.4, -0.2) is 27.4 Å². The molecule has 2 N–H and O–H groups in total. The zero-order chi connectivity index (χ0) is 15.5. The zero-order valence-corrected chi connectivity index (χ0v) is 13.3. The Morgan fingerprint density at radius 3 is 2.76 bits per heavy atom. The van der Waals surface area contributed by atoms with Crippen LogP contribution in [0.25, 0.3) is 0 Å². The van der Waals surface area contributed by atoms with E-state index in [4.69, 9.17) is 4.42 Å². The number of thiophene rings is 1. The Kier molecular flexibility index (Phi) is 4.81. The van der Waals surface area contributed by atoms with Gasteiger partial charge in [-0.25, -0.2) is 13.1 Å². The third kappa shape index (κ3) is 3.93. The minimum Gasteiger partial charge on any atom is -0.438 e. The normalized spacial score (nSPS) is 13.0. The summed E-state index contributed by atoms with van der Waals surface area (Å²) in [6.45, 7) is 1.88. The highest BCUT2D eigenvalue weighted by Crippen LogP contribution is 2.14. The van der Waals surface area contributed by atoms with Gasteiger partial charge in [0, 0.05) is 17.3 Å². The van der Waals surface area contributed by atoms with Crippen molar-refractivity contribution in [2.24, 2.45) is 0 Å². The molecular formula is C13H16N2O4S2. The molecule has 0 aliphatic heterocycles. The molecule has 8 heteroatoms. The summed E-state index contributed by atoms with van der Waals surface area (Å²) in [6.07, 6.45) is 0.714. The van der Waals surface area contributed by atoms with E-state index in [0.29, 0.717) is 6.42 Å². The van der Waals surface area contributed by atoms with Gasteiger partial charge in [0.15, 0.2) is 5.76 Å². The molecule has 0 bridgehead atoms. The van der Waals surface area contributed by atoms with E-state index in [-0.39, 0.29) is 16.9 Å². The zero-order valence-electron chi connectivity index (χ0n) is 11.6. The predicted octanol–water partition coefficient (Wildman–Crippen LogP) is 1.61. The molecule has 0 aliphatic rings. The summed E-state index contributed by atoms with van der Waals surface area (Å²) in [4.78, 5) is 13.2. The molecule has 2 aromatic rings. The van der Waals surface area contributed by atoms with Gasteiger partial charge >= 0.3 is 0 Å². The van der Waals surface area contributed by atoms with Gasteiger partial charge in [-0.05, 0) is 37.6 Å². The Bertz CT molecular complexity index is 704. The minimum atomic E-state index is -3.68. The monoisotopic (exact) mass is 328 g/mol. The van der Waals surface area contributed by atoms with E-state index in [1.165, 1.54) is 24.1 Å². The van der Waals surface area contributed by atoms with Crippen molar-refractivity contribution in [2.75, 3.05) is 7.05 Å². The molecule has 0 radical (unpaired) electrons. The van der Waals surface area contributed by atoms with Crippen molar-refractivity contribution in [3.63, 3.8) is 0 Å². The molecule has 2 aromatic heterocycles. The summed E-state index contributed by atoms with van der Waals surface area (Å²) >= 11 is 1.62. The molecule has 0 unspecified atom stereocenters. The number of hydrogen-bond donors (Lipinski definition) is 2. The molecule has 1 amide bonds. The number of hydrogen-bond acceptors (Lipinski definition) is 5. The summed E-state index contributed by atoms with van der Waals surface area (Å²) in [5.41, 5.74) is 0. The molecule has 0 saturated carbocycles. The number of amides is 1. The van der Waals surface area contributed by atoms with Crippen LogP contribution in [0, 0.1) is 0 Å². The quantitative estimate of drug-likeness (QED) is 0.843. The van der Waals surface area contributed by atoms with Crippen LogP contribution in [-0.2, 0) is 16.4 Å². The van der Waals surface area contributed by atoms with Crippen LogP contribution in [0.1, 0.15) is 22.4 Å². The van der Waals surface area contributed by atoms with E-state index in [9.17, 15) is 13.2 Å². The number of nitrogens with one attached hydrogen (secondary N) is 2. The van der Waals surface area contributed by atoms with Crippen LogP contribution in [0.2, 0.25) is 0 Å². The maximum atomic E-state index is 12.0. The third-order valence-electron chi connectivity index (χ3n) is 2.80. The van der Waals surface area contributed by atoms with Gasteiger partial charge in [-0.1, -0.05) is 6.07 Å². The van der Waals surface area contributed by atoms with Crippen molar-refractivity contribution in [1.82, 2.24) is 10.0 Å². The molecule has 2 heterocycles. The van der Waals surface area contributed by atoms with Gasteiger partial charge < -0.3 is 9.73 Å². The van der Waals surface area contributed by atoms with E-state index < -0.39 is 15.9 Å². The molecule has 6 nitrogen and oxygen atoms in total. The van der Waals surface area contributed by atoms with E-state index in [1.54, 1.807) is 11.3 Å². The second-order valence-electron chi connectivity index (χ2n) is 4.48. The molecule has 0 aliphatic carbocycles. The molecule has 0 fully saturated rings. The summed E-state index contributed by atoms with van der Waals surface area (Å²) in [7, 11) is -2.40. The van der Waals surface area contributed by atoms with E-state index in [0.717, 1.165) is 0 Å². The van der Waals surface area contributed by atoms with E-state index in [1.807, 2.05) is 24.4 Å². The smallest absolute Gasteiger partial charge is 0.287 e. The van der Waals surface area contributed by atoms with Crippen LogP contribution in [0.3, 0.4) is 0 Å². The van der Waals surface area contributed by atoms with Crippen molar-refractivity contribution in [3.05, 3.63) is 40.3 Å². The summed E-state index contributed by atoms with van der Waals surface area (Å²) < 4.78 is 30.3. The number of furan rings is 1. The highest BCUT2D eigenvalue weighted by Gasteiger charge is 2.20. The second-order valence-corrected chi connectivity index (χ2v) is 7.33. The summed E-state index contributed by atoms with van der Waals surface area (Å²) in [6, 6.07) is 6.47. The van der Waals surface area contributed by atoms with Gasteiger partial charge in [-0.2, -0.15) is 0 Å². The lowest BCUT2D eigenvalue weighted by molar-refractivity contribution is 0.0907. The van der Waals surface area contributed by atoms with Gasteiger partial charge in [0.2, 0.25) is 5.09 Å². The van der Waals surface area contributed by atoms with Crippen molar-refractivity contribution in [1.29, 1.82) is 0 Å². The third-order valence-corrected chi connectivity index (χ3v) is 4.99. The average molecular weight is 328 g/mol. The van der Waals surface area contributed by atoms with Crippen LogP contribution >= 0.6 is 11.3 Å². The standard InChI is InChI=1S/C13H16N2O4S2/c1-9(8-10-4-3-7-20-10)15-13(16)11-5-6-12(19-11)21(17,18)14-2/h3-7,9,14H,8H2,1-2H3,(H,15,16)/t9-/m0/s1. The second kappa shape index (κ2) is 6.42. The molecule has 0 saturated heterocycles. The Labute approximate surface area is 127 Å². The van der Waals surface area contributed by atoms with Crippen molar-refractivity contribution in [2.45, 2.75) is 24.5 Å². The Hall–Kier alpha value is -1.64. The topological polar surface area (TPSA) is 88.4 Å². The van der Waals surface area contributed by atoms with Crippen molar-refractivity contribution in [3.8, 4) is 0 Å². The number of carbonyl (C=O) groups is 1. The highest BCUT2D eigenvalue weighted by molar-refractivity contribution is 7.89. The van der Waals surface area contributed by atoms with Crippen LogP contribution in [0.4, 0.5) is 0 Å². The first-order valence-electron chi connectivity index (χ1n) is 6.29. The molecule has 0 spiro atoms. The SMILES string of the molecule is CNS(=O)(=O)c1ccc(C(=O)N[C@@H](C)Cc2cccs2)o1.